The van der Waals surface area contributed by atoms with Crippen LogP contribution < -0.4 is 9.80 Å². The van der Waals surface area contributed by atoms with E-state index in [9.17, 15) is 13.6 Å². The summed E-state index contributed by atoms with van der Waals surface area (Å²) in [4.78, 5) is 26.2. The minimum atomic E-state index is -0.667. The van der Waals surface area contributed by atoms with E-state index in [0.717, 1.165) is 36.3 Å². The SMILES string of the molecule is CN1CCCN(C(=O)CSc2ccc(F)cc2F)c2nc3ccccc3nc21. The number of thioether (sulfide) groups is 1. The molecule has 0 unspecified atom stereocenters. The normalized spacial score (nSPS) is 14.1. The molecule has 2 aromatic carbocycles. The van der Waals surface area contributed by atoms with Crippen LogP contribution in [0.2, 0.25) is 0 Å². The molecule has 1 amide bonds. The molecule has 0 radical (unpaired) electrons. The molecule has 0 saturated carbocycles. The lowest BCUT2D eigenvalue weighted by molar-refractivity contribution is -0.116. The Morgan fingerprint density at radius 1 is 1.07 bits per heavy atom. The number of carbonyl (C=O) groups is 1. The van der Waals surface area contributed by atoms with Crippen molar-refractivity contribution in [1.82, 2.24) is 9.97 Å². The third-order valence-corrected chi connectivity index (χ3v) is 5.61. The maximum absolute atomic E-state index is 13.9. The highest BCUT2D eigenvalue weighted by Gasteiger charge is 2.26. The summed E-state index contributed by atoms with van der Waals surface area (Å²) in [5.74, 6) is -0.291. The fraction of sp³-hybridized carbons (Fsp3) is 0.250. The van der Waals surface area contributed by atoms with Crippen LogP contribution in [-0.2, 0) is 4.79 Å². The molecule has 1 aliphatic rings. The van der Waals surface area contributed by atoms with Crippen LogP contribution in [0.3, 0.4) is 0 Å². The van der Waals surface area contributed by atoms with Crippen LogP contribution in [0, 0.1) is 11.6 Å². The number of halogens is 2. The molecule has 1 aliphatic heterocycles. The van der Waals surface area contributed by atoms with Crippen molar-refractivity contribution in [3.05, 3.63) is 54.1 Å². The Hall–Kier alpha value is -2.74. The number of anilines is 2. The second-order valence-electron chi connectivity index (χ2n) is 6.54. The van der Waals surface area contributed by atoms with Crippen molar-refractivity contribution in [2.45, 2.75) is 11.3 Å². The van der Waals surface area contributed by atoms with Gasteiger partial charge in [0.05, 0.1) is 16.8 Å². The van der Waals surface area contributed by atoms with Gasteiger partial charge in [0.15, 0.2) is 11.6 Å². The number of rotatable bonds is 3. The van der Waals surface area contributed by atoms with Crippen molar-refractivity contribution >= 4 is 40.3 Å². The molecule has 8 heteroatoms. The molecule has 28 heavy (non-hydrogen) atoms. The first-order valence-electron chi connectivity index (χ1n) is 8.89. The molecule has 0 N–H and O–H groups in total. The van der Waals surface area contributed by atoms with Gasteiger partial charge in [-0.25, -0.2) is 18.7 Å². The third-order valence-electron chi connectivity index (χ3n) is 4.57. The van der Waals surface area contributed by atoms with E-state index in [1.807, 2.05) is 36.2 Å². The Labute approximate surface area is 165 Å². The molecule has 2 heterocycles. The molecule has 4 rings (SSSR count). The van der Waals surface area contributed by atoms with Gasteiger partial charge in [-0.1, -0.05) is 12.1 Å². The summed E-state index contributed by atoms with van der Waals surface area (Å²) >= 11 is 1.05. The fourth-order valence-electron chi connectivity index (χ4n) is 3.15. The van der Waals surface area contributed by atoms with Crippen LogP contribution in [-0.4, -0.2) is 41.8 Å². The monoisotopic (exact) mass is 400 g/mol. The van der Waals surface area contributed by atoms with Crippen molar-refractivity contribution < 1.29 is 13.6 Å². The van der Waals surface area contributed by atoms with E-state index >= 15 is 0 Å². The number of para-hydroxylation sites is 2. The molecule has 144 valence electrons. The maximum atomic E-state index is 13.9. The van der Waals surface area contributed by atoms with E-state index in [2.05, 4.69) is 4.98 Å². The van der Waals surface area contributed by atoms with Crippen LogP contribution in [0.5, 0.6) is 0 Å². The molecule has 0 fully saturated rings. The van der Waals surface area contributed by atoms with Crippen molar-refractivity contribution in [2.24, 2.45) is 0 Å². The van der Waals surface area contributed by atoms with Gasteiger partial charge in [-0.3, -0.25) is 9.69 Å². The van der Waals surface area contributed by atoms with Crippen LogP contribution >= 0.6 is 11.8 Å². The summed E-state index contributed by atoms with van der Waals surface area (Å²) in [5.41, 5.74) is 1.48. The zero-order chi connectivity index (χ0) is 19.7. The molecule has 3 aromatic rings. The first-order chi connectivity index (χ1) is 13.5. The number of carbonyl (C=O) groups excluding carboxylic acids is 1. The Morgan fingerprint density at radius 3 is 2.50 bits per heavy atom. The Morgan fingerprint density at radius 2 is 1.79 bits per heavy atom. The summed E-state index contributed by atoms with van der Waals surface area (Å²) in [6.07, 6.45) is 0.770. The van der Waals surface area contributed by atoms with E-state index in [4.69, 9.17) is 4.98 Å². The molecular formula is C20H18F2N4OS. The van der Waals surface area contributed by atoms with Crippen LogP contribution in [0.25, 0.3) is 11.0 Å². The maximum Gasteiger partial charge on any atom is 0.238 e. The summed E-state index contributed by atoms with van der Waals surface area (Å²) in [6, 6.07) is 10.9. The average molecular weight is 400 g/mol. The first kappa shape index (κ1) is 18.6. The minimum absolute atomic E-state index is 0.0280. The highest BCUT2D eigenvalue weighted by Crippen LogP contribution is 2.31. The van der Waals surface area contributed by atoms with E-state index in [1.54, 1.807) is 4.90 Å². The molecule has 0 spiro atoms. The van der Waals surface area contributed by atoms with Crippen LogP contribution in [0.4, 0.5) is 20.4 Å². The highest BCUT2D eigenvalue weighted by atomic mass is 32.2. The van der Waals surface area contributed by atoms with Gasteiger partial charge in [0, 0.05) is 31.1 Å². The molecule has 0 bridgehead atoms. The molecule has 1 aromatic heterocycles. The number of hydrogen-bond donors (Lipinski definition) is 0. The summed E-state index contributed by atoms with van der Waals surface area (Å²) in [6.45, 7) is 1.26. The smallest absolute Gasteiger partial charge is 0.238 e. The summed E-state index contributed by atoms with van der Waals surface area (Å²) < 4.78 is 26.9. The van der Waals surface area contributed by atoms with Crippen LogP contribution in [0.1, 0.15) is 6.42 Å². The number of amides is 1. The van der Waals surface area contributed by atoms with Crippen molar-refractivity contribution in [2.75, 3.05) is 35.7 Å². The Bertz CT molecular complexity index is 1050. The van der Waals surface area contributed by atoms with E-state index in [0.29, 0.717) is 23.7 Å². The minimum Gasteiger partial charge on any atom is -0.357 e. The number of hydrogen-bond acceptors (Lipinski definition) is 5. The average Bonchev–Trinajstić information content (AvgIpc) is 2.84. The molecular weight excluding hydrogens is 382 g/mol. The summed E-state index contributed by atoms with van der Waals surface area (Å²) in [5, 5.41) is 0. The molecule has 0 saturated heterocycles. The predicted octanol–water partition coefficient (Wildman–Crippen LogP) is 3.87. The molecule has 0 atom stereocenters. The lowest BCUT2D eigenvalue weighted by Gasteiger charge is -2.22. The standard InChI is InChI=1S/C20H18F2N4OS/c1-25-9-4-10-26(18(27)12-28-17-8-7-13(21)11-14(17)22)20-19(25)23-15-5-2-3-6-16(15)24-20/h2-3,5-8,11H,4,9-10,12H2,1H3. The fourth-order valence-corrected chi connectivity index (χ4v) is 3.94. The highest BCUT2D eigenvalue weighted by molar-refractivity contribution is 8.00. The number of aromatic nitrogens is 2. The largest absolute Gasteiger partial charge is 0.357 e. The zero-order valence-electron chi connectivity index (χ0n) is 15.2. The second-order valence-corrected chi connectivity index (χ2v) is 7.56. The third kappa shape index (κ3) is 3.64. The van der Waals surface area contributed by atoms with Gasteiger partial charge in [0.2, 0.25) is 5.91 Å². The predicted molar refractivity (Wildman–Crippen MR) is 107 cm³/mol. The molecule has 0 aliphatic carbocycles. The molecule has 5 nitrogen and oxygen atoms in total. The summed E-state index contributed by atoms with van der Waals surface area (Å²) in [7, 11) is 1.93. The van der Waals surface area contributed by atoms with Gasteiger partial charge < -0.3 is 4.90 Å². The van der Waals surface area contributed by atoms with Gasteiger partial charge in [-0.2, -0.15) is 0 Å². The van der Waals surface area contributed by atoms with Crippen molar-refractivity contribution in [3.8, 4) is 0 Å². The van der Waals surface area contributed by atoms with Gasteiger partial charge >= 0.3 is 0 Å². The quantitative estimate of drug-likeness (QED) is 0.625. The van der Waals surface area contributed by atoms with E-state index < -0.39 is 11.6 Å². The van der Waals surface area contributed by atoms with Crippen molar-refractivity contribution in [3.63, 3.8) is 0 Å². The lowest BCUT2D eigenvalue weighted by atomic mass is 10.3. The number of fused-ring (bicyclic) bond motifs is 2. The van der Waals surface area contributed by atoms with Gasteiger partial charge in [0.25, 0.3) is 0 Å². The number of nitrogens with zero attached hydrogens (tertiary/aromatic N) is 4. The van der Waals surface area contributed by atoms with Crippen molar-refractivity contribution in [1.29, 1.82) is 0 Å². The van der Waals surface area contributed by atoms with Gasteiger partial charge in [-0.15, -0.1) is 11.8 Å². The first-order valence-corrected chi connectivity index (χ1v) is 9.87. The van der Waals surface area contributed by atoms with Gasteiger partial charge in [-0.05, 0) is 30.7 Å². The Balaban J connectivity index is 1.63. The van der Waals surface area contributed by atoms with E-state index in [1.165, 1.54) is 12.1 Å². The van der Waals surface area contributed by atoms with Gasteiger partial charge in [0.1, 0.15) is 11.6 Å². The Kier molecular flexibility index (Phi) is 5.13. The second kappa shape index (κ2) is 7.71. The number of benzene rings is 2. The topological polar surface area (TPSA) is 49.3 Å². The zero-order valence-corrected chi connectivity index (χ0v) is 16.0. The van der Waals surface area contributed by atoms with Crippen LogP contribution in [0.15, 0.2) is 47.4 Å². The van der Waals surface area contributed by atoms with E-state index in [-0.39, 0.29) is 16.6 Å². The lowest BCUT2D eigenvalue weighted by Crippen LogP contribution is -2.33.